The highest BCUT2D eigenvalue weighted by Gasteiger charge is 2.26. The zero-order valence-corrected chi connectivity index (χ0v) is 14.7. The average Bonchev–Trinajstić information content (AvgIpc) is 2.93. The lowest BCUT2D eigenvalue weighted by Crippen LogP contribution is -2.46. The number of hydrogen-bond donors (Lipinski definition) is 1. The van der Waals surface area contributed by atoms with E-state index < -0.39 is 0 Å². The zero-order chi connectivity index (χ0) is 16.7. The predicted molar refractivity (Wildman–Crippen MR) is 89.4 cm³/mol. The number of amides is 2. The maximum absolute atomic E-state index is 12.6. The van der Waals surface area contributed by atoms with Gasteiger partial charge < -0.3 is 15.0 Å². The summed E-state index contributed by atoms with van der Waals surface area (Å²) in [5.41, 5.74) is 0.857. The maximum atomic E-state index is 12.6. The highest BCUT2D eigenvalue weighted by Crippen LogP contribution is 2.21. The zero-order valence-electron chi connectivity index (χ0n) is 13.8. The third-order valence-electron chi connectivity index (χ3n) is 4.02. The smallest absolute Gasteiger partial charge is 0.245 e. The topological polar surface area (TPSA) is 71.5 Å². The van der Waals surface area contributed by atoms with Gasteiger partial charge in [0.05, 0.1) is 17.1 Å². The van der Waals surface area contributed by atoms with Crippen LogP contribution in [-0.2, 0) is 20.7 Å². The van der Waals surface area contributed by atoms with Crippen LogP contribution in [0.1, 0.15) is 36.4 Å². The Hall–Kier alpha value is -1.47. The normalized spacial score (nSPS) is 18.0. The molecule has 0 unspecified atom stereocenters. The van der Waals surface area contributed by atoms with Crippen LogP contribution in [0.15, 0.2) is 5.38 Å². The molecule has 2 heterocycles. The van der Waals surface area contributed by atoms with Gasteiger partial charge in [0, 0.05) is 31.6 Å². The Morgan fingerprint density at radius 2 is 2.30 bits per heavy atom. The van der Waals surface area contributed by atoms with Crippen LogP contribution < -0.4 is 5.32 Å². The van der Waals surface area contributed by atoms with Gasteiger partial charge in [-0.25, -0.2) is 4.98 Å². The van der Waals surface area contributed by atoms with Crippen molar-refractivity contribution in [1.29, 1.82) is 0 Å². The number of nitrogens with one attached hydrogen (secondary N) is 1. The minimum Gasteiger partial charge on any atom is -0.375 e. The van der Waals surface area contributed by atoms with E-state index in [1.165, 1.54) is 7.11 Å². The molecule has 1 N–H and O–H groups in total. The number of carbonyl (C=O) groups is 2. The number of hydrogen-bond acceptors (Lipinski definition) is 5. The van der Waals surface area contributed by atoms with Crippen molar-refractivity contribution in [2.45, 2.75) is 45.1 Å². The maximum Gasteiger partial charge on any atom is 0.245 e. The number of aryl methyl sites for hydroxylation is 1. The van der Waals surface area contributed by atoms with Crippen molar-refractivity contribution in [2.24, 2.45) is 0 Å². The van der Waals surface area contributed by atoms with Crippen molar-refractivity contribution in [3.05, 3.63) is 16.1 Å². The molecule has 23 heavy (non-hydrogen) atoms. The number of carbonyl (C=O) groups excluding carboxylic acids is 2. The Bertz CT molecular complexity index is 532. The van der Waals surface area contributed by atoms with Crippen LogP contribution in [0, 0.1) is 6.92 Å². The first-order valence-electron chi connectivity index (χ1n) is 8.06. The second kappa shape index (κ2) is 8.98. The summed E-state index contributed by atoms with van der Waals surface area (Å²) >= 11 is 1.57. The minimum atomic E-state index is -0.112. The van der Waals surface area contributed by atoms with Crippen molar-refractivity contribution >= 4 is 23.2 Å². The molecule has 0 spiro atoms. The molecule has 6 nitrogen and oxygen atoms in total. The van der Waals surface area contributed by atoms with Crippen LogP contribution in [0.2, 0.25) is 0 Å². The Balaban J connectivity index is 1.84. The molecule has 7 heteroatoms. The molecule has 1 aromatic heterocycles. The SMILES string of the molecule is COCC(=O)NCC[C@H]1CCCCN1C(=O)Cc1csc(C)n1. The molecule has 0 aliphatic carbocycles. The van der Waals surface area contributed by atoms with Crippen LogP contribution in [0.25, 0.3) is 0 Å². The lowest BCUT2D eigenvalue weighted by atomic mass is 9.98. The van der Waals surface area contributed by atoms with E-state index in [0.29, 0.717) is 13.0 Å². The Labute approximate surface area is 141 Å². The molecule has 1 saturated heterocycles. The summed E-state index contributed by atoms with van der Waals surface area (Å²) in [5, 5.41) is 5.78. The van der Waals surface area contributed by atoms with Gasteiger partial charge in [0.25, 0.3) is 0 Å². The highest BCUT2D eigenvalue weighted by molar-refractivity contribution is 7.09. The predicted octanol–water partition coefficient (Wildman–Crippen LogP) is 1.53. The monoisotopic (exact) mass is 339 g/mol. The average molecular weight is 339 g/mol. The number of nitrogens with zero attached hydrogens (tertiary/aromatic N) is 2. The minimum absolute atomic E-state index is 0.0798. The molecule has 0 saturated carbocycles. The van der Waals surface area contributed by atoms with E-state index in [1.807, 2.05) is 17.2 Å². The molecule has 1 fully saturated rings. The van der Waals surface area contributed by atoms with Crippen LogP contribution in [0.4, 0.5) is 0 Å². The first-order valence-corrected chi connectivity index (χ1v) is 8.94. The third-order valence-corrected chi connectivity index (χ3v) is 4.84. The van der Waals surface area contributed by atoms with E-state index in [1.54, 1.807) is 11.3 Å². The van der Waals surface area contributed by atoms with Crippen LogP contribution in [0.5, 0.6) is 0 Å². The largest absolute Gasteiger partial charge is 0.375 e. The number of aromatic nitrogens is 1. The summed E-state index contributed by atoms with van der Waals surface area (Å²) in [6.45, 7) is 3.41. The molecule has 128 valence electrons. The second-order valence-electron chi connectivity index (χ2n) is 5.84. The van der Waals surface area contributed by atoms with Gasteiger partial charge in [0.15, 0.2) is 0 Å². The first-order chi connectivity index (χ1) is 11.1. The summed E-state index contributed by atoms with van der Waals surface area (Å²) in [7, 11) is 1.50. The summed E-state index contributed by atoms with van der Waals surface area (Å²) in [5.74, 6) is 0.0300. The molecule has 1 aromatic rings. The van der Waals surface area contributed by atoms with Gasteiger partial charge in [-0.2, -0.15) is 0 Å². The highest BCUT2D eigenvalue weighted by atomic mass is 32.1. The summed E-state index contributed by atoms with van der Waals surface area (Å²) in [6.07, 6.45) is 4.35. The molecule has 2 rings (SSSR count). The van der Waals surface area contributed by atoms with Gasteiger partial charge in [0.1, 0.15) is 6.61 Å². The van der Waals surface area contributed by atoms with Crippen LogP contribution in [-0.4, -0.2) is 54.5 Å². The van der Waals surface area contributed by atoms with Crippen molar-refractivity contribution in [3.63, 3.8) is 0 Å². The summed E-state index contributed by atoms with van der Waals surface area (Å²) in [6, 6.07) is 0.207. The van der Waals surface area contributed by atoms with E-state index in [-0.39, 0.29) is 24.5 Å². The number of likely N-dealkylation sites (tertiary alicyclic amines) is 1. The van der Waals surface area contributed by atoms with E-state index in [9.17, 15) is 9.59 Å². The Kier molecular flexibility index (Phi) is 6.98. The van der Waals surface area contributed by atoms with Crippen molar-refractivity contribution < 1.29 is 14.3 Å². The van der Waals surface area contributed by atoms with Crippen molar-refractivity contribution in [3.8, 4) is 0 Å². The molecule has 1 aliphatic heterocycles. The summed E-state index contributed by atoms with van der Waals surface area (Å²) in [4.78, 5) is 30.3. The first kappa shape index (κ1) is 17.9. The fourth-order valence-electron chi connectivity index (χ4n) is 2.94. The number of rotatable bonds is 7. The lowest BCUT2D eigenvalue weighted by Gasteiger charge is -2.36. The number of thiazole rings is 1. The molecule has 0 bridgehead atoms. The molecule has 2 amide bonds. The van der Waals surface area contributed by atoms with E-state index in [2.05, 4.69) is 10.3 Å². The lowest BCUT2D eigenvalue weighted by molar-refractivity contribution is -0.134. The molecule has 0 radical (unpaired) electrons. The number of ether oxygens (including phenoxy) is 1. The fourth-order valence-corrected chi connectivity index (χ4v) is 3.55. The quantitative estimate of drug-likeness (QED) is 0.818. The van der Waals surface area contributed by atoms with Gasteiger partial charge in [-0.15, -0.1) is 11.3 Å². The number of methoxy groups -OCH3 is 1. The molecular formula is C16H25N3O3S. The molecule has 1 atom stereocenters. The Morgan fingerprint density at radius 1 is 1.48 bits per heavy atom. The van der Waals surface area contributed by atoms with E-state index >= 15 is 0 Å². The molecule has 1 aliphatic rings. The van der Waals surface area contributed by atoms with Gasteiger partial charge >= 0.3 is 0 Å². The van der Waals surface area contributed by atoms with Crippen molar-refractivity contribution in [1.82, 2.24) is 15.2 Å². The molecular weight excluding hydrogens is 314 g/mol. The van der Waals surface area contributed by atoms with Crippen LogP contribution >= 0.6 is 11.3 Å². The second-order valence-corrected chi connectivity index (χ2v) is 6.91. The van der Waals surface area contributed by atoms with Crippen molar-refractivity contribution in [2.75, 3.05) is 26.8 Å². The van der Waals surface area contributed by atoms with E-state index in [4.69, 9.17) is 4.74 Å². The van der Waals surface area contributed by atoms with Gasteiger partial charge in [-0.05, 0) is 32.6 Å². The fraction of sp³-hybridized carbons (Fsp3) is 0.688. The standard InChI is InChI=1S/C16H25N3O3S/c1-12-18-13(11-23-12)9-16(21)19-8-4-3-5-14(19)6-7-17-15(20)10-22-2/h11,14H,3-10H2,1-2H3,(H,17,20)/t14-/m1/s1. The Morgan fingerprint density at radius 3 is 3.00 bits per heavy atom. The van der Waals surface area contributed by atoms with Crippen LogP contribution in [0.3, 0.4) is 0 Å². The number of piperidine rings is 1. The van der Waals surface area contributed by atoms with Gasteiger partial charge in [-0.1, -0.05) is 0 Å². The van der Waals surface area contributed by atoms with Gasteiger partial charge in [-0.3, -0.25) is 9.59 Å². The third kappa shape index (κ3) is 5.58. The summed E-state index contributed by atoms with van der Waals surface area (Å²) < 4.78 is 4.79. The molecule has 0 aromatic carbocycles. The van der Waals surface area contributed by atoms with E-state index in [0.717, 1.165) is 42.9 Å². The van der Waals surface area contributed by atoms with Gasteiger partial charge in [0.2, 0.25) is 11.8 Å².